The third-order valence-corrected chi connectivity index (χ3v) is 1.81. The lowest BCUT2D eigenvalue weighted by Gasteiger charge is -2.03. The fourth-order valence-corrected chi connectivity index (χ4v) is 1.03. The first kappa shape index (κ1) is 12.2. The van der Waals surface area contributed by atoms with Crippen molar-refractivity contribution in [1.29, 1.82) is 0 Å². The summed E-state index contributed by atoms with van der Waals surface area (Å²) >= 11 is 0. The summed E-state index contributed by atoms with van der Waals surface area (Å²) in [6, 6.07) is 8.07. The third-order valence-electron chi connectivity index (χ3n) is 1.81. The van der Waals surface area contributed by atoms with Crippen LogP contribution in [0.15, 0.2) is 34.5 Å². The average Bonchev–Trinajstić information content (AvgIpc) is 2.25. The van der Waals surface area contributed by atoms with Gasteiger partial charge in [-0.3, -0.25) is 0 Å². The highest BCUT2D eigenvalue weighted by atomic mass is 15.4. The molecule has 0 fully saturated rings. The lowest BCUT2D eigenvalue weighted by Crippen LogP contribution is -2.02. The first-order valence-corrected chi connectivity index (χ1v) is 5.10. The van der Waals surface area contributed by atoms with Gasteiger partial charge in [0.2, 0.25) is 0 Å². The molecule has 0 amide bonds. The van der Waals surface area contributed by atoms with Crippen LogP contribution in [-0.4, -0.2) is 50.6 Å². The second-order valence-electron chi connectivity index (χ2n) is 3.85. The summed E-state index contributed by atoms with van der Waals surface area (Å²) in [6.45, 7) is 0. The monoisotopic (exact) mass is 218 g/mol. The van der Waals surface area contributed by atoms with E-state index in [1.54, 1.807) is 10.0 Å². The van der Waals surface area contributed by atoms with Gasteiger partial charge in [-0.2, -0.15) is 10.2 Å². The minimum Gasteiger partial charge on any atom is -0.303 e. The molecule has 0 unspecified atom stereocenters. The van der Waals surface area contributed by atoms with Crippen molar-refractivity contribution in [3.05, 3.63) is 35.4 Å². The van der Waals surface area contributed by atoms with Crippen LogP contribution in [-0.2, 0) is 0 Å². The summed E-state index contributed by atoms with van der Waals surface area (Å²) in [7, 11) is 7.59. The van der Waals surface area contributed by atoms with E-state index in [1.807, 2.05) is 64.9 Å². The zero-order valence-corrected chi connectivity index (χ0v) is 10.3. The van der Waals surface area contributed by atoms with Gasteiger partial charge in [0.25, 0.3) is 0 Å². The molecule has 1 aromatic carbocycles. The highest BCUT2D eigenvalue weighted by molar-refractivity contribution is 5.83. The summed E-state index contributed by atoms with van der Waals surface area (Å²) in [4.78, 5) is 0. The van der Waals surface area contributed by atoms with Crippen LogP contribution in [0.4, 0.5) is 0 Å². The smallest absolute Gasteiger partial charge is 0.0542 e. The van der Waals surface area contributed by atoms with Crippen molar-refractivity contribution in [3.63, 3.8) is 0 Å². The van der Waals surface area contributed by atoms with E-state index in [-0.39, 0.29) is 0 Å². The Morgan fingerprint density at radius 2 is 1.06 bits per heavy atom. The predicted octanol–water partition coefficient (Wildman–Crippen LogP) is 1.48. The fraction of sp³-hybridized carbons (Fsp3) is 0.333. The Kier molecular flexibility index (Phi) is 4.51. The first-order chi connectivity index (χ1) is 7.58. The molecule has 0 heterocycles. The van der Waals surface area contributed by atoms with E-state index in [9.17, 15) is 0 Å². The summed E-state index contributed by atoms with van der Waals surface area (Å²) in [5.41, 5.74) is 2.16. The van der Waals surface area contributed by atoms with Crippen molar-refractivity contribution >= 4 is 12.4 Å². The molecule has 0 saturated carbocycles. The van der Waals surface area contributed by atoms with Gasteiger partial charge in [0.15, 0.2) is 0 Å². The van der Waals surface area contributed by atoms with Crippen molar-refractivity contribution in [2.24, 2.45) is 10.2 Å². The van der Waals surface area contributed by atoms with E-state index in [0.29, 0.717) is 0 Å². The van der Waals surface area contributed by atoms with E-state index in [0.717, 1.165) is 11.1 Å². The summed E-state index contributed by atoms with van der Waals surface area (Å²) in [5, 5.41) is 11.9. The van der Waals surface area contributed by atoms with Crippen LogP contribution in [0.25, 0.3) is 0 Å². The van der Waals surface area contributed by atoms with Crippen molar-refractivity contribution < 1.29 is 0 Å². The number of hydrogen-bond acceptors (Lipinski definition) is 4. The standard InChI is InChI=1S/C12H18N4/c1-15(2)13-9-11-5-7-12(8-6-11)10-14-16(3)4/h5-10H,1-4H3/b13-9+,14-10+. The van der Waals surface area contributed by atoms with E-state index < -0.39 is 0 Å². The SMILES string of the molecule is CN(C)/N=C/c1ccc(/C=N/N(C)C)cc1. The van der Waals surface area contributed by atoms with Crippen molar-refractivity contribution in [1.82, 2.24) is 10.0 Å². The quantitative estimate of drug-likeness (QED) is 0.566. The van der Waals surface area contributed by atoms with Crippen LogP contribution in [0.2, 0.25) is 0 Å². The zero-order valence-electron chi connectivity index (χ0n) is 10.3. The van der Waals surface area contributed by atoms with Crippen LogP contribution in [0.1, 0.15) is 11.1 Å². The second-order valence-corrected chi connectivity index (χ2v) is 3.85. The van der Waals surface area contributed by atoms with E-state index >= 15 is 0 Å². The van der Waals surface area contributed by atoms with Gasteiger partial charge in [0.05, 0.1) is 12.4 Å². The van der Waals surface area contributed by atoms with Gasteiger partial charge >= 0.3 is 0 Å². The number of hydrogen-bond donors (Lipinski definition) is 0. The van der Waals surface area contributed by atoms with E-state index in [4.69, 9.17) is 0 Å². The molecule has 0 aliphatic rings. The largest absolute Gasteiger partial charge is 0.303 e. The maximum absolute atomic E-state index is 4.17. The second kappa shape index (κ2) is 5.90. The highest BCUT2D eigenvalue weighted by Crippen LogP contribution is 2.00. The van der Waals surface area contributed by atoms with Crippen LogP contribution in [0.3, 0.4) is 0 Å². The Labute approximate surface area is 96.9 Å². The average molecular weight is 218 g/mol. The van der Waals surface area contributed by atoms with Gasteiger partial charge < -0.3 is 10.0 Å². The minimum atomic E-state index is 1.08. The summed E-state index contributed by atoms with van der Waals surface area (Å²) in [5.74, 6) is 0. The molecule has 4 nitrogen and oxygen atoms in total. The molecule has 0 N–H and O–H groups in total. The Hall–Kier alpha value is -1.84. The molecule has 16 heavy (non-hydrogen) atoms. The van der Waals surface area contributed by atoms with E-state index in [2.05, 4.69) is 10.2 Å². The molecule has 0 atom stereocenters. The predicted molar refractivity (Wildman–Crippen MR) is 69.0 cm³/mol. The Bertz CT molecular complexity index is 326. The molecular formula is C12H18N4. The lowest BCUT2D eigenvalue weighted by molar-refractivity contribution is 0.440. The van der Waals surface area contributed by atoms with Crippen molar-refractivity contribution in [2.45, 2.75) is 0 Å². The van der Waals surface area contributed by atoms with Gasteiger partial charge in [0.1, 0.15) is 0 Å². The summed E-state index contributed by atoms with van der Waals surface area (Å²) < 4.78 is 0. The highest BCUT2D eigenvalue weighted by Gasteiger charge is 1.90. The molecular weight excluding hydrogens is 200 g/mol. The van der Waals surface area contributed by atoms with Gasteiger partial charge in [-0.05, 0) is 11.1 Å². The van der Waals surface area contributed by atoms with Crippen molar-refractivity contribution in [2.75, 3.05) is 28.2 Å². The molecule has 0 aliphatic heterocycles. The molecule has 0 aliphatic carbocycles. The van der Waals surface area contributed by atoms with Gasteiger partial charge in [-0.15, -0.1) is 0 Å². The number of rotatable bonds is 4. The maximum Gasteiger partial charge on any atom is 0.0542 e. The Morgan fingerprint density at radius 3 is 1.31 bits per heavy atom. The van der Waals surface area contributed by atoms with E-state index in [1.165, 1.54) is 0 Å². The molecule has 1 rings (SSSR count). The molecule has 0 radical (unpaired) electrons. The normalized spacial score (nSPS) is 11.2. The first-order valence-electron chi connectivity index (χ1n) is 5.10. The Morgan fingerprint density at radius 1 is 0.750 bits per heavy atom. The molecule has 86 valence electrons. The molecule has 0 aromatic heterocycles. The maximum atomic E-state index is 4.17. The van der Waals surface area contributed by atoms with Gasteiger partial charge in [0, 0.05) is 28.2 Å². The molecule has 1 aromatic rings. The summed E-state index contributed by atoms with van der Waals surface area (Å²) in [6.07, 6.45) is 3.65. The lowest BCUT2D eigenvalue weighted by atomic mass is 10.2. The van der Waals surface area contributed by atoms with Crippen LogP contribution < -0.4 is 0 Å². The zero-order chi connectivity index (χ0) is 12.0. The van der Waals surface area contributed by atoms with Crippen LogP contribution >= 0.6 is 0 Å². The molecule has 4 heteroatoms. The van der Waals surface area contributed by atoms with Crippen LogP contribution in [0.5, 0.6) is 0 Å². The number of benzene rings is 1. The molecule has 0 spiro atoms. The fourth-order valence-electron chi connectivity index (χ4n) is 1.03. The Balaban J connectivity index is 2.68. The van der Waals surface area contributed by atoms with Gasteiger partial charge in [-0.1, -0.05) is 24.3 Å². The molecule has 0 saturated heterocycles. The number of hydrazone groups is 2. The van der Waals surface area contributed by atoms with Gasteiger partial charge in [-0.25, -0.2) is 0 Å². The van der Waals surface area contributed by atoms with Crippen molar-refractivity contribution in [3.8, 4) is 0 Å². The third kappa shape index (κ3) is 4.59. The number of nitrogens with zero attached hydrogens (tertiary/aromatic N) is 4. The van der Waals surface area contributed by atoms with Crippen LogP contribution in [0, 0.1) is 0 Å². The molecule has 0 bridgehead atoms. The minimum absolute atomic E-state index is 1.08. The topological polar surface area (TPSA) is 31.2 Å².